The quantitative estimate of drug-likeness (QED) is 0.219. The second-order valence-electron chi connectivity index (χ2n) is 6.73. The van der Waals surface area contributed by atoms with Crippen molar-refractivity contribution in [3.8, 4) is 0 Å². The summed E-state index contributed by atoms with van der Waals surface area (Å²) >= 11 is 0. The summed E-state index contributed by atoms with van der Waals surface area (Å²) in [7, 11) is 4.06. The Hall–Kier alpha value is -1.35. The number of rotatable bonds is 11. The molecule has 0 aliphatic heterocycles. The molecule has 0 unspecified atom stereocenters. The van der Waals surface area contributed by atoms with Crippen LogP contribution in [0.5, 0.6) is 0 Å². The summed E-state index contributed by atoms with van der Waals surface area (Å²) in [5, 5.41) is 3.28. The number of nitrogens with one attached hydrogen (secondary N) is 1. The lowest BCUT2D eigenvalue weighted by Gasteiger charge is -2.25. The van der Waals surface area contributed by atoms with Gasteiger partial charge in [-0.2, -0.15) is 0 Å². The highest BCUT2D eigenvalue weighted by atomic mass is 127. The van der Waals surface area contributed by atoms with Gasteiger partial charge in [0.1, 0.15) is 0 Å². The van der Waals surface area contributed by atoms with E-state index in [1.807, 2.05) is 43.7 Å². The predicted octanol–water partition coefficient (Wildman–Crippen LogP) is 2.89. The summed E-state index contributed by atoms with van der Waals surface area (Å²) in [5.41, 5.74) is 1.33. The first kappa shape index (κ1) is 26.6. The number of likely N-dealkylation sites (N-methyl/N-ethyl adjacent to an activating group) is 2. The topological polar surface area (TPSA) is 51.2 Å². The third-order valence-corrected chi connectivity index (χ3v) is 4.44. The molecule has 0 saturated heterocycles. The van der Waals surface area contributed by atoms with Crippen LogP contribution in [0.25, 0.3) is 0 Å². The molecule has 6 nitrogen and oxygen atoms in total. The summed E-state index contributed by atoms with van der Waals surface area (Å²) in [6, 6.07) is 10.5. The molecule has 160 valence electrons. The van der Waals surface area contributed by atoms with Crippen molar-refractivity contribution in [2.45, 2.75) is 33.7 Å². The minimum absolute atomic E-state index is 0. The molecule has 0 aromatic heterocycles. The maximum atomic E-state index is 12.3. The lowest BCUT2D eigenvalue weighted by atomic mass is 10.2. The van der Waals surface area contributed by atoms with Crippen LogP contribution in [-0.2, 0) is 11.3 Å². The van der Waals surface area contributed by atoms with Crippen LogP contribution < -0.4 is 5.32 Å². The molecule has 0 aliphatic carbocycles. The van der Waals surface area contributed by atoms with E-state index in [4.69, 9.17) is 4.99 Å². The van der Waals surface area contributed by atoms with Crippen LogP contribution in [0, 0.1) is 0 Å². The normalized spacial score (nSPS) is 11.1. The number of halogens is 1. The Morgan fingerprint density at radius 1 is 1.07 bits per heavy atom. The van der Waals surface area contributed by atoms with E-state index in [0.29, 0.717) is 6.54 Å². The first-order valence-electron chi connectivity index (χ1n) is 10.0. The van der Waals surface area contributed by atoms with Crippen molar-refractivity contribution >= 4 is 35.8 Å². The first-order chi connectivity index (χ1) is 13.0. The molecule has 0 atom stereocenters. The van der Waals surface area contributed by atoms with E-state index in [1.54, 1.807) is 0 Å². The van der Waals surface area contributed by atoms with Crippen molar-refractivity contribution in [2.75, 3.05) is 53.4 Å². The number of benzene rings is 1. The Balaban J connectivity index is 0.00000729. The SMILES string of the molecule is CCNC(=NCCCN(C)Cc1ccccc1)N(C)CC(=O)N(CC)CC.I. The zero-order valence-electron chi connectivity index (χ0n) is 18.1. The van der Waals surface area contributed by atoms with Crippen LogP contribution in [0.3, 0.4) is 0 Å². The van der Waals surface area contributed by atoms with Gasteiger partial charge in [-0.15, -0.1) is 24.0 Å². The number of amides is 1. The zero-order valence-corrected chi connectivity index (χ0v) is 20.5. The van der Waals surface area contributed by atoms with E-state index < -0.39 is 0 Å². The van der Waals surface area contributed by atoms with Gasteiger partial charge in [0.05, 0.1) is 6.54 Å². The predicted molar refractivity (Wildman–Crippen MR) is 129 cm³/mol. The highest BCUT2D eigenvalue weighted by Gasteiger charge is 2.14. The van der Waals surface area contributed by atoms with E-state index in [1.165, 1.54) is 5.56 Å². The number of carbonyl (C=O) groups is 1. The molecule has 0 spiro atoms. The van der Waals surface area contributed by atoms with E-state index in [9.17, 15) is 4.79 Å². The molecule has 0 bridgehead atoms. The molecule has 1 rings (SSSR count). The molecule has 7 heteroatoms. The summed E-state index contributed by atoms with van der Waals surface area (Å²) < 4.78 is 0. The van der Waals surface area contributed by atoms with Crippen molar-refractivity contribution < 1.29 is 4.79 Å². The number of nitrogens with zero attached hydrogens (tertiary/aromatic N) is 4. The van der Waals surface area contributed by atoms with Crippen molar-refractivity contribution in [1.29, 1.82) is 0 Å². The van der Waals surface area contributed by atoms with Crippen molar-refractivity contribution in [2.24, 2.45) is 4.99 Å². The van der Waals surface area contributed by atoms with Crippen LogP contribution in [0.15, 0.2) is 35.3 Å². The Kier molecular flexibility index (Phi) is 14.8. The molecule has 1 aromatic carbocycles. The molecule has 0 radical (unpaired) electrons. The van der Waals surface area contributed by atoms with Gasteiger partial charge < -0.3 is 20.0 Å². The van der Waals surface area contributed by atoms with Gasteiger partial charge in [-0.3, -0.25) is 9.79 Å². The summed E-state index contributed by atoms with van der Waals surface area (Å²) in [5.74, 6) is 0.930. The van der Waals surface area contributed by atoms with Gasteiger partial charge in [0, 0.05) is 39.8 Å². The van der Waals surface area contributed by atoms with Crippen LogP contribution in [0.1, 0.15) is 32.8 Å². The van der Waals surface area contributed by atoms with Gasteiger partial charge in [-0.25, -0.2) is 0 Å². The monoisotopic (exact) mass is 503 g/mol. The molecule has 1 N–H and O–H groups in total. The molecule has 0 saturated carbocycles. The molecular weight excluding hydrogens is 465 g/mol. The number of guanidine groups is 1. The number of hydrogen-bond acceptors (Lipinski definition) is 3. The lowest BCUT2D eigenvalue weighted by Crippen LogP contribution is -2.45. The maximum absolute atomic E-state index is 12.3. The fourth-order valence-electron chi connectivity index (χ4n) is 2.92. The van der Waals surface area contributed by atoms with Crippen molar-refractivity contribution in [3.05, 3.63) is 35.9 Å². The third-order valence-electron chi connectivity index (χ3n) is 4.44. The smallest absolute Gasteiger partial charge is 0.242 e. The van der Waals surface area contributed by atoms with E-state index >= 15 is 0 Å². The fraction of sp³-hybridized carbons (Fsp3) is 0.619. The first-order valence-corrected chi connectivity index (χ1v) is 10.0. The van der Waals surface area contributed by atoms with Gasteiger partial charge in [-0.05, 0) is 46.3 Å². The fourth-order valence-corrected chi connectivity index (χ4v) is 2.92. The molecule has 1 aromatic rings. The highest BCUT2D eigenvalue weighted by molar-refractivity contribution is 14.0. The highest BCUT2D eigenvalue weighted by Crippen LogP contribution is 2.03. The summed E-state index contributed by atoms with van der Waals surface area (Å²) in [6.07, 6.45) is 0.982. The largest absolute Gasteiger partial charge is 0.357 e. The Bertz CT molecular complexity index is 563. The molecule has 0 aliphatic rings. The third kappa shape index (κ3) is 10.3. The van der Waals surface area contributed by atoms with Gasteiger partial charge in [-0.1, -0.05) is 30.3 Å². The van der Waals surface area contributed by atoms with Crippen molar-refractivity contribution in [1.82, 2.24) is 20.0 Å². The Labute approximate surface area is 188 Å². The minimum atomic E-state index is 0. The van der Waals surface area contributed by atoms with Gasteiger partial charge in [0.15, 0.2) is 5.96 Å². The van der Waals surface area contributed by atoms with E-state index in [2.05, 4.69) is 41.5 Å². The number of hydrogen-bond donors (Lipinski definition) is 1. The van der Waals surface area contributed by atoms with Crippen molar-refractivity contribution in [3.63, 3.8) is 0 Å². The second kappa shape index (κ2) is 15.6. The molecule has 28 heavy (non-hydrogen) atoms. The average molecular weight is 503 g/mol. The maximum Gasteiger partial charge on any atom is 0.242 e. The van der Waals surface area contributed by atoms with Gasteiger partial charge >= 0.3 is 0 Å². The Morgan fingerprint density at radius 3 is 2.29 bits per heavy atom. The summed E-state index contributed by atoms with van der Waals surface area (Å²) in [4.78, 5) is 23.1. The average Bonchev–Trinajstić information content (AvgIpc) is 2.66. The standard InChI is InChI=1S/C21H37N5O.HI/c1-6-22-21(25(5)18-20(27)26(7-2)8-3)23-15-12-16-24(4)17-19-13-10-9-11-14-19;/h9-11,13-14H,6-8,12,15-18H2,1-5H3,(H,22,23);1H. The molecule has 0 heterocycles. The molecule has 1 amide bonds. The molecular formula is C21H38IN5O. The second-order valence-corrected chi connectivity index (χ2v) is 6.73. The van der Waals surface area contributed by atoms with E-state index in [-0.39, 0.29) is 29.9 Å². The molecule has 0 fully saturated rings. The van der Waals surface area contributed by atoms with Gasteiger partial charge in [0.2, 0.25) is 5.91 Å². The minimum Gasteiger partial charge on any atom is -0.357 e. The van der Waals surface area contributed by atoms with Crippen LogP contribution in [0.2, 0.25) is 0 Å². The van der Waals surface area contributed by atoms with Crippen LogP contribution in [-0.4, -0.2) is 79.9 Å². The van der Waals surface area contributed by atoms with Gasteiger partial charge in [0.25, 0.3) is 0 Å². The lowest BCUT2D eigenvalue weighted by molar-refractivity contribution is -0.131. The van der Waals surface area contributed by atoms with Crippen LogP contribution >= 0.6 is 24.0 Å². The number of aliphatic imine (C=N–C) groups is 1. The zero-order chi connectivity index (χ0) is 20.1. The summed E-state index contributed by atoms with van der Waals surface area (Å²) in [6.45, 7) is 11.4. The number of carbonyl (C=O) groups excluding carboxylic acids is 1. The Morgan fingerprint density at radius 2 is 1.71 bits per heavy atom. The van der Waals surface area contributed by atoms with Crippen LogP contribution in [0.4, 0.5) is 0 Å². The van der Waals surface area contributed by atoms with E-state index in [0.717, 1.165) is 51.6 Å².